The molecule has 0 heterocycles. The van der Waals surface area contributed by atoms with Crippen LogP contribution in [0.1, 0.15) is 88.2 Å². The summed E-state index contributed by atoms with van der Waals surface area (Å²) in [6, 6.07) is 30.6. The van der Waals surface area contributed by atoms with Crippen LogP contribution in [0.5, 0.6) is 23.0 Å². The number of benzene rings is 4. The smallest absolute Gasteiger partial charge is 0.402 e. The van der Waals surface area contributed by atoms with Gasteiger partial charge in [-0.2, -0.15) is 26.3 Å². The molecule has 0 fully saturated rings. The van der Waals surface area contributed by atoms with Crippen molar-refractivity contribution in [3.8, 4) is 23.0 Å². The molecule has 56 heavy (non-hydrogen) atoms. The molecule has 0 radical (unpaired) electrons. The summed E-state index contributed by atoms with van der Waals surface area (Å²) in [4.78, 5) is 24.9. The molecule has 0 amide bonds. The van der Waals surface area contributed by atoms with Crippen LogP contribution in [0.3, 0.4) is 0 Å². The van der Waals surface area contributed by atoms with E-state index in [4.69, 9.17) is 18.9 Å². The van der Waals surface area contributed by atoms with E-state index in [2.05, 4.69) is 0 Å². The standard InChI is InChI=1S/C44H48F6O6/c45-43(46,47)39(41(51)55-37-27-23-35(24-28-37)53-31-33-17-11-9-12-18-33)21-15-7-5-3-1-2-4-6-8-16-22-40(44(48,49)50)42(52)56-38-29-25-36(26-30-38)54-32-34-19-13-10-14-20-34/h9-14,17-20,23-30,39-40H,1-8,15-16,21-22,31-32H2. The number of rotatable bonds is 23. The lowest BCUT2D eigenvalue weighted by Gasteiger charge is -2.19. The number of halogens is 6. The van der Waals surface area contributed by atoms with Crippen LogP contribution in [0.4, 0.5) is 26.3 Å². The average Bonchev–Trinajstić information content (AvgIpc) is 3.17. The minimum atomic E-state index is -4.73. The second kappa shape index (κ2) is 22.5. The zero-order valence-electron chi connectivity index (χ0n) is 31.2. The molecule has 2 unspecified atom stereocenters. The van der Waals surface area contributed by atoms with E-state index in [9.17, 15) is 35.9 Å². The second-order valence-corrected chi connectivity index (χ2v) is 13.6. The fourth-order valence-corrected chi connectivity index (χ4v) is 6.01. The Morgan fingerprint density at radius 1 is 0.411 bits per heavy atom. The minimum absolute atomic E-state index is 0.00208. The number of hydrogen-bond donors (Lipinski definition) is 0. The highest BCUT2D eigenvalue weighted by Crippen LogP contribution is 2.34. The Balaban J connectivity index is 1.05. The van der Waals surface area contributed by atoms with E-state index >= 15 is 0 Å². The zero-order chi connectivity index (χ0) is 40.2. The van der Waals surface area contributed by atoms with Crippen molar-refractivity contribution in [3.05, 3.63) is 120 Å². The van der Waals surface area contributed by atoms with Gasteiger partial charge in [-0.3, -0.25) is 9.59 Å². The Hall–Kier alpha value is -5.00. The molecule has 0 bridgehead atoms. The van der Waals surface area contributed by atoms with Crippen molar-refractivity contribution in [2.24, 2.45) is 11.8 Å². The molecule has 6 nitrogen and oxygen atoms in total. The summed E-state index contributed by atoms with van der Waals surface area (Å²) in [6.45, 7) is 0.633. The maximum Gasteiger partial charge on any atom is 0.402 e. The molecule has 302 valence electrons. The summed E-state index contributed by atoms with van der Waals surface area (Å²) in [5.74, 6) is -6.17. The number of alkyl halides is 6. The molecule has 0 spiro atoms. The van der Waals surface area contributed by atoms with Crippen LogP contribution >= 0.6 is 0 Å². The lowest BCUT2D eigenvalue weighted by Crippen LogP contribution is -2.33. The maximum absolute atomic E-state index is 13.7. The fraction of sp³-hybridized carbons (Fsp3) is 0.409. The fourth-order valence-electron chi connectivity index (χ4n) is 6.01. The molecule has 0 aliphatic heterocycles. The topological polar surface area (TPSA) is 71.1 Å². The first-order valence-electron chi connectivity index (χ1n) is 19.0. The van der Waals surface area contributed by atoms with E-state index in [0.717, 1.165) is 36.8 Å². The maximum atomic E-state index is 13.7. The van der Waals surface area contributed by atoms with Crippen molar-refractivity contribution in [2.75, 3.05) is 0 Å². The third-order valence-corrected chi connectivity index (χ3v) is 9.18. The Morgan fingerprint density at radius 2 is 0.696 bits per heavy atom. The molecule has 0 saturated carbocycles. The highest BCUT2D eigenvalue weighted by molar-refractivity contribution is 5.76. The van der Waals surface area contributed by atoms with Gasteiger partial charge < -0.3 is 18.9 Å². The Bertz CT molecular complexity index is 1580. The van der Waals surface area contributed by atoms with Crippen molar-refractivity contribution < 1.29 is 54.9 Å². The molecule has 4 aromatic carbocycles. The van der Waals surface area contributed by atoms with Gasteiger partial charge in [-0.05, 0) is 72.5 Å². The van der Waals surface area contributed by atoms with Crippen LogP contribution in [0.15, 0.2) is 109 Å². The van der Waals surface area contributed by atoms with Crippen molar-refractivity contribution in [1.29, 1.82) is 0 Å². The molecule has 0 aromatic heterocycles. The molecule has 0 aliphatic carbocycles. The molecule has 4 aromatic rings. The van der Waals surface area contributed by atoms with Gasteiger partial charge in [-0.25, -0.2) is 0 Å². The van der Waals surface area contributed by atoms with E-state index < -0.39 is 36.1 Å². The predicted octanol–water partition coefficient (Wildman–Crippen LogP) is 12.4. The van der Waals surface area contributed by atoms with Crippen LogP contribution in [0, 0.1) is 11.8 Å². The van der Waals surface area contributed by atoms with Crippen LogP contribution in [-0.4, -0.2) is 24.3 Å². The minimum Gasteiger partial charge on any atom is -0.489 e. The molecule has 0 saturated heterocycles. The van der Waals surface area contributed by atoms with E-state index in [1.54, 1.807) is 0 Å². The normalized spacial score (nSPS) is 12.8. The van der Waals surface area contributed by atoms with Gasteiger partial charge in [0.05, 0.1) is 0 Å². The number of esters is 2. The van der Waals surface area contributed by atoms with Gasteiger partial charge in [0.15, 0.2) is 11.8 Å². The second-order valence-electron chi connectivity index (χ2n) is 13.6. The number of unbranched alkanes of at least 4 members (excludes halogenated alkanes) is 9. The zero-order valence-corrected chi connectivity index (χ0v) is 31.2. The largest absolute Gasteiger partial charge is 0.489 e. The van der Waals surface area contributed by atoms with Crippen LogP contribution in [0.25, 0.3) is 0 Å². The van der Waals surface area contributed by atoms with E-state index in [0.29, 0.717) is 50.4 Å². The molecule has 0 N–H and O–H groups in total. The molecule has 0 aliphatic rings. The summed E-state index contributed by atoms with van der Waals surface area (Å²) in [7, 11) is 0. The van der Waals surface area contributed by atoms with Gasteiger partial charge in [-0.15, -0.1) is 0 Å². The average molecular weight is 787 g/mol. The van der Waals surface area contributed by atoms with Gasteiger partial charge in [-0.1, -0.05) is 125 Å². The Morgan fingerprint density at radius 3 is 1.00 bits per heavy atom. The van der Waals surface area contributed by atoms with Crippen molar-refractivity contribution in [3.63, 3.8) is 0 Å². The third kappa shape index (κ3) is 16.0. The first kappa shape index (κ1) is 43.7. The van der Waals surface area contributed by atoms with Crippen LogP contribution in [0.2, 0.25) is 0 Å². The summed E-state index contributed by atoms with van der Waals surface area (Å²) < 4.78 is 104. The summed E-state index contributed by atoms with van der Waals surface area (Å²) in [5, 5.41) is 0. The van der Waals surface area contributed by atoms with Gasteiger partial charge in [0.1, 0.15) is 36.2 Å². The van der Waals surface area contributed by atoms with Crippen LogP contribution in [-0.2, 0) is 22.8 Å². The number of ether oxygens (including phenoxy) is 4. The Labute approximate surface area is 324 Å². The van der Waals surface area contributed by atoms with Crippen molar-refractivity contribution in [2.45, 2.75) is 103 Å². The first-order valence-corrected chi connectivity index (χ1v) is 19.0. The lowest BCUT2D eigenvalue weighted by molar-refractivity contribution is -0.194. The van der Waals surface area contributed by atoms with E-state index in [1.807, 2.05) is 60.7 Å². The first-order chi connectivity index (χ1) is 26.9. The Kier molecular flexibility index (Phi) is 17.6. The number of carbonyl (C=O) groups excluding carboxylic acids is 2. The predicted molar refractivity (Wildman–Crippen MR) is 200 cm³/mol. The highest BCUT2D eigenvalue weighted by Gasteiger charge is 2.46. The summed E-state index contributed by atoms with van der Waals surface area (Å²) in [6.07, 6.45) is -4.09. The third-order valence-electron chi connectivity index (χ3n) is 9.18. The van der Waals surface area contributed by atoms with Gasteiger partial charge >= 0.3 is 24.3 Å². The van der Waals surface area contributed by atoms with Gasteiger partial charge in [0.25, 0.3) is 0 Å². The molecule has 12 heteroatoms. The number of carbonyl (C=O) groups is 2. The molecular formula is C44H48F6O6. The highest BCUT2D eigenvalue weighted by atomic mass is 19.4. The van der Waals surface area contributed by atoms with Gasteiger partial charge in [0.2, 0.25) is 0 Å². The summed E-state index contributed by atoms with van der Waals surface area (Å²) in [5.41, 5.74) is 1.91. The SMILES string of the molecule is O=C(Oc1ccc(OCc2ccccc2)cc1)C(CCCCCCCCCCCCC(C(=O)Oc1ccc(OCc2ccccc2)cc1)C(F)(F)F)C(F)(F)F. The van der Waals surface area contributed by atoms with Crippen molar-refractivity contribution >= 4 is 11.9 Å². The van der Waals surface area contributed by atoms with Gasteiger partial charge in [0, 0.05) is 0 Å². The molecular weight excluding hydrogens is 738 g/mol. The monoisotopic (exact) mass is 786 g/mol. The lowest BCUT2D eigenvalue weighted by atomic mass is 9.98. The van der Waals surface area contributed by atoms with E-state index in [-0.39, 0.29) is 37.2 Å². The number of hydrogen-bond acceptors (Lipinski definition) is 6. The molecule has 2 atom stereocenters. The molecule has 4 rings (SSSR count). The van der Waals surface area contributed by atoms with Crippen LogP contribution < -0.4 is 18.9 Å². The quantitative estimate of drug-likeness (QED) is 0.0323. The summed E-state index contributed by atoms with van der Waals surface area (Å²) >= 11 is 0. The van der Waals surface area contributed by atoms with E-state index in [1.165, 1.54) is 48.5 Å². The van der Waals surface area contributed by atoms with Crippen molar-refractivity contribution in [1.82, 2.24) is 0 Å².